The Hall–Kier alpha value is -1.97. The van der Waals surface area contributed by atoms with Crippen LogP contribution in [0.15, 0.2) is 0 Å². The van der Waals surface area contributed by atoms with E-state index in [2.05, 4.69) is 10.3 Å². The van der Waals surface area contributed by atoms with Gasteiger partial charge in [0.2, 0.25) is 0 Å². The molecule has 0 amide bonds. The lowest BCUT2D eigenvalue weighted by Crippen LogP contribution is -1.90. The van der Waals surface area contributed by atoms with Gasteiger partial charge in [-0.15, -0.1) is 5.10 Å². The molecule has 0 fully saturated rings. The fourth-order valence-corrected chi connectivity index (χ4v) is 0.425. The first-order valence-corrected chi connectivity index (χ1v) is 2.21. The van der Waals surface area contributed by atoms with Crippen molar-refractivity contribution < 1.29 is 4.92 Å². The second-order valence-corrected chi connectivity index (χ2v) is 1.38. The van der Waals surface area contributed by atoms with E-state index in [1.165, 1.54) is 6.07 Å². The number of nitriles is 1. The van der Waals surface area contributed by atoms with Crippen molar-refractivity contribution in [2.75, 3.05) is 0 Å². The summed E-state index contributed by atoms with van der Waals surface area (Å²) in [5.74, 6) is -0.470. The number of nitrogens with zero attached hydrogens (tertiary/aromatic N) is 4. The fraction of sp³-hybridized carbons (Fsp3) is 0. The highest BCUT2D eigenvalue weighted by molar-refractivity contribution is 5.34. The van der Waals surface area contributed by atoms with Crippen molar-refractivity contribution in [2.45, 2.75) is 0 Å². The number of nitrogens with one attached hydrogen (secondary N) is 1. The SMILES string of the molecule is N#Cc1nn[nH]c1[N+](=O)[O-]. The van der Waals surface area contributed by atoms with Crippen molar-refractivity contribution in [3.05, 3.63) is 15.8 Å². The molecule has 0 bridgehead atoms. The van der Waals surface area contributed by atoms with Gasteiger partial charge in [0.15, 0.2) is 0 Å². The van der Waals surface area contributed by atoms with Crippen molar-refractivity contribution >= 4 is 5.82 Å². The van der Waals surface area contributed by atoms with Gasteiger partial charge in [-0.25, -0.2) is 0 Å². The van der Waals surface area contributed by atoms with Crippen LogP contribution in [0.3, 0.4) is 0 Å². The molecule has 0 aliphatic heterocycles. The number of aromatic amines is 1. The van der Waals surface area contributed by atoms with Gasteiger partial charge in [0, 0.05) is 5.21 Å². The lowest BCUT2D eigenvalue weighted by Gasteiger charge is -1.84. The Morgan fingerprint density at radius 3 is 2.90 bits per heavy atom. The van der Waals surface area contributed by atoms with E-state index in [1.54, 1.807) is 0 Å². The van der Waals surface area contributed by atoms with E-state index in [0.717, 1.165) is 0 Å². The molecule has 0 atom stereocenters. The summed E-state index contributed by atoms with van der Waals surface area (Å²) in [4.78, 5) is 9.23. The van der Waals surface area contributed by atoms with Gasteiger partial charge in [-0.05, 0) is 4.92 Å². The van der Waals surface area contributed by atoms with Gasteiger partial charge in [0.1, 0.15) is 6.07 Å². The van der Waals surface area contributed by atoms with Crippen molar-refractivity contribution in [3.8, 4) is 6.07 Å². The monoisotopic (exact) mass is 139 g/mol. The van der Waals surface area contributed by atoms with Gasteiger partial charge in [0.05, 0.1) is 0 Å². The predicted octanol–water partition coefficient (Wildman–Crippen LogP) is -0.415. The van der Waals surface area contributed by atoms with Crippen LogP contribution in [-0.2, 0) is 0 Å². The van der Waals surface area contributed by atoms with E-state index in [4.69, 9.17) is 5.26 Å². The highest BCUT2D eigenvalue weighted by atomic mass is 16.6. The standard InChI is InChI=1S/C3HN5O2/c4-1-2-3(8(9)10)6-7-5-2/h(H,5,6,7). The molecule has 0 unspecified atom stereocenters. The van der Waals surface area contributed by atoms with Gasteiger partial charge in [-0.3, -0.25) is 0 Å². The number of hydrogen-bond donors (Lipinski definition) is 1. The van der Waals surface area contributed by atoms with Crippen molar-refractivity contribution in [1.82, 2.24) is 15.4 Å². The zero-order valence-electron chi connectivity index (χ0n) is 4.61. The molecule has 0 aromatic carbocycles. The summed E-state index contributed by atoms with van der Waals surface area (Å²) in [6.07, 6.45) is 0. The lowest BCUT2D eigenvalue weighted by atomic mass is 10.5. The highest BCUT2D eigenvalue weighted by Crippen LogP contribution is 2.07. The van der Waals surface area contributed by atoms with E-state index in [9.17, 15) is 10.1 Å². The Bertz CT molecular complexity index is 296. The predicted molar refractivity (Wildman–Crippen MR) is 27.8 cm³/mol. The Balaban J connectivity index is 3.17. The summed E-state index contributed by atoms with van der Waals surface area (Å²) in [6.45, 7) is 0. The molecular formula is C3HN5O2. The van der Waals surface area contributed by atoms with Crippen LogP contribution in [0, 0.1) is 21.4 Å². The number of nitro groups is 1. The van der Waals surface area contributed by atoms with Gasteiger partial charge in [-0.1, -0.05) is 5.10 Å². The van der Waals surface area contributed by atoms with E-state index in [1.807, 2.05) is 5.10 Å². The van der Waals surface area contributed by atoms with Crippen LogP contribution in [0.25, 0.3) is 0 Å². The highest BCUT2D eigenvalue weighted by Gasteiger charge is 2.15. The minimum Gasteiger partial charge on any atom is -0.358 e. The molecule has 0 spiro atoms. The Morgan fingerprint density at radius 2 is 2.50 bits per heavy atom. The largest absolute Gasteiger partial charge is 0.381 e. The first-order chi connectivity index (χ1) is 4.75. The van der Waals surface area contributed by atoms with Gasteiger partial charge < -0.3 is 10.1 Å². The maximum atomic E-state index is 9.98. The van der Waals surface area contributed by atoms with Gasteiger partial charge >= 0.3 is 5.82 Å². The molecule has 1 heterocycles. The Morgan fingerprint density at radius 1 is 1.80 bits per heavy atom. The molecule has 50 valence electrons. The molecule has 1 aromatic rings. The number of rotatable bonds is 1. The summed E-state index contributed by atoms with van der Waals surface area (Å²) in [5.41, 5.74) is -0.301. The fourth-order valence-electron chi connectivity index (χ4n) is 0.425. The minimum absolute atomic E-state index is 0.301. The van der Waals surface area contributed by atoms with Crippen LogP contribution in [-0.4, -0.2) is 20.3 Å². The van der Waals surface area contributed by atoms with Gasteiger partial charge in [-0.2, -0.15) is 5.26 Å². The summed E-state index contributed by atoms with van der Waals surface area (Å²) in [5, 5.41) is 26.4. The average Bonchev–Trinajstić information content (AvgIpc) is 2.33. The maximum Gasteiger partial charge on any atom is 0.381 e. The van der Waals surface area contributed by atoms with Crippen LogP contribution < -0.4 is 0 Å². The molecule has 0 radical (unpaired) electrons. The molecule has 1 aromatic heterocycles. The van der Waals surface area contributed by atoms with E-state index in [-0.39, 0.29) is 5.69 Å². The third kappa shape index (κ3) is 0.775. The molecule has 7 nitrogen and oxygen atoms in total. The number of H-pyrrole nitrogens is 1. The molecule has 0 saturated carbocycles. The van der Waals surface area contributed by atoms with Crippen molar-refractivity contribution in [2.24, 2.45) is 0 Å². The first-order valence-electron chi connectivity index (χ1n) is 2.21. The van der Waals surface area contributed by atoms with Crippen molar-refractivity contribution in [1.29, 1.82) is 5.26 Å². The van der Waals surface area contributed by atoms with Crippen molar-refractivity contribution in [3.63, 3.8) is 0 Å². The maximum absolute atomic E-state index is 9.98. The quantitative estimate of drug-likeness (QED) is 0.420. The van der Waals surface area contributed by atoms with Crippen LogP contribution in [0.2, 0.25) is 0 Å². The normalized spacial score (nSPS) is 8.70. The second-order valence-electron chi connectivity index (χ2n) is 1.38. The molecule has 1 rings (SSSR count). The van der Waals surface area contributed by atoms with Gasteiger partial charge in [0.25, 0.3) is 5.69 Å². The number of aromatic nitrogens is 3. The molecule has 7 heteroatoms. The summed E-state index contributed by atoms with van der Waals surface area (Å²) < 4.78 is 0. The van der Waals surface area contributed by atoms with E-state index in [0.29, 0.717) is 0 Å². The molecule has 1 N–H and O–H groups in total. The topological polar surface area (TPSA) is 108 Å². The number of hydrogen-bond acceptors (Lipinski definition) is 5. The summed E-state index contributed by atoms with van der Waals surface area (Å²) in [6, 6.07) is 1.51. The molecule has 0 aliphatic carbocycles. The molecule has 0 saturated heterocycles. The minimum atomic E-state index is -0.751. The third-order valence-electron chi connectivity index (χ3n) is 0.819. The molecule has 0 aliphatic rings. The smallest absolute Gasteiger partial charge is 0.358 e. The third-order valence-corrected chi connectivity index (χ3v) is 0.819. The van der Waals surface area contributed by atoms with Crippen LogP contribution in [0.5, 0.6) is 0 Å². The molecule has 10 heavy (non-hydrogen) atoms. The molecular weight excluding hydrogens is 138 g/mol. The van der Waals surface area contributed by atoms with Crippen LogP contribution in [0.1, 0.15) is 5.69 Å². The van der Waals surface area contributed by atoms with E-state index >= 15 is 0 Å². The zero-order valence-corrected chi connectivity index (χ0v) is 4.61. The van der Waals surface area contributed by atoms with Crippen LogP contribution >= 0.6 is 0 Å². The zero-order chi connectivity index (χ0) is 7.56. The van der Waals surface area contributed by atoms with E-state index < -0.39 is 10.7 Å². The Kier molecular flexibility index (Phi) is 1.29. The first kappa shape index (κ1) is 6.15. The second kappa shape index (κ2) is 2.10. The summed E-state index contributed by atoms with van der Waals surface area (Å²) >= 11 is 0. The summed E-state index contributed by atoms with van der Waals surface area (Å²) in [7, 11) is 0. The lowest BCUT2D eigenvalue weighted by molar-refractivity contribution is -0.389. The average molecular weight is 139 g/mol. The van der Waals surface area contributed by atoms with Crippen LogP contribution in [0.4, 0.5) is 5.82 Å². The Labute approximate surface area is 54.4 Å².